The molecule has 3 saturated heterocycles. The average Bonchev–Trinajstić information content (AvgIpc) is 2.74. The summed E-state index contributed by atoms with van der Waals surface area (Å²) in [6.07, 6.45) is 1.48. The SMILES string of the molecule is O=C1CC2CCN1C[C@H]2OC(=O)N1CCc2ccccc2[C@@H]1c1ccc(F)cc1. The van der Waals surface area contributed by atoms with Crippen molar-refractivity contribution in [2.24, 2.45) is 5.92 Å². The van der Waals surface area contributed by atoms with Crippen LogP contribution < -0.4 is 0 Å². The first-order chi connectivity index (χ1) is 14.1. The van der Waals surface area contributed by atoms with Gasteiger partial charge in [0.2, 0.25) is 5.91 Å². The maximum Gasteiger partial charge on any atom is 0.410 e. The Morgan fingerprint density at radius 3 is 2.59 bits per heavy atom. The number of hydrogen-bond acceptors (Lipinski definition) is 3. The number of fused-ring (bicyclic) bond motifs is 4. The molecule has 3 atom stereocenters. The molecule has 6 rings (SSSR count). The summed E-state index contributed by atoms with van der Waals surface area (Å²) in [4.78, 5) is 28.7. The fourth-order valence-corrected chi connectivity index (χ4v) is 4.88. The number of halogens is 1. The van der Waals surface area contributed by atoms with Gasteiger partial charge in [-0.1, -0.05) is 36.4 Å². The van der Waals surface area contributed by atoms with Gasteiger partial charge in [-0.3, -0.25) is 9.69 Å². The highest BCUT2D eigenvalue weighted by atomic mass is 19.1. The van der Waals surface area contributed by atoms with Crippen molar-refractivity contribution < 1.29 is 18.7 Å². The Kier molecular flexibility index (Phi) is 4.49. The number of hydrogen-bond donors (Lipinski definition) is 0. The molecule has 2 amide bonds. The van der Waals surface area contributed by atoms with E-state index >= 15 is 0 Å². The Balaban J connectivity index is 1.43. The molecule has 4 heterocycles. The van der Waals surface area contributed by atoms with Gasteiger partial charge < -0.3 is 9.64 Å². The maximum absolute atomic E-state index is 13.5. The molecule has 0 radical (unpaired) electrons. The molecule has 4 aliphatic heterocycles. The Morgan fingerprint density at radius 2 is 1.86 bits per heavy atom. The number of rotatable bonds is 2. The number of ether oxygens (including phenoxy) is 1. The monoisotopic (exact) mass is 394 g/mol. The standard InChI is InChI=1S/C23H23FN2O3/c24-18-7-5-16(6-8-18)22-19-4-2-1-3-15(19)10-12-26(22)23(28)29-20-14-25-11-9-17(20)13-21(25)27/h1-8,17,20,22H,9-14H2/t17?,20-,22+/m1/s1. The summed E-state index contributed by atoms with van der Waals surface area (Å²) in [6.45, 7) is 1.78. The highest BCUT2D eigenvalue weighted by Crippen LogP contribution is 2.37. The van der Waals surface area contributed by atoms with Crippen LogP contribution in [0.1, 0.15) is 35.6 Å². The van der Waals surface area contributed by atoms with Gasteiger partial charge in [-0.15, -0.1) is 0 Å². The van der Waals surface area contributed by atoms with Gasteiger partial charge in [0.05, 0.1) is 12.6 Å². The van der Waals surface area contributed by atoms with E-state index in [0.29, 0.717) is 19.5 Å². The summed E-state index contributed by atoms with van der Waals surface area (Å²) in [6, 6.07) is 14.1. The second kappa shape index (κ2) is 7.17. The van der Waals surface area contributed by atoms with Crippen LogP contribution in [-0.2, 0) is 16.0 Å². The zero-order chi connectivity index (χ0) is 20.0. The van der Waals surface area contributed by atoms with E-state index in [1.54, 1.807) is 21.9 Å². The number of carbonyl (C=O) groups is 2. The molecule has 0 aliphatic carbocycles. The average molecular weight is 394 g/mol. The van der Waals surface area contributed by atoms with Crippen LogP contribution in [0.3, 0.4) is 0 Å². The largest absolute Gasteiger partial charge is 0.444 e. The molecular weight excluding hydrogens is 371 g/mol. The number of piperidine rings is 3. The Labute approximate surface area is 169 Å². The first kappa shape index (κ1) is 18.2. The van der Waals surface area contributed by atoms with Crippen molar-refractivity contribution in [3.63, 3.8) is 0 Å². The van der Waals surface area contributed by atoms with Gasteiger partial charge in [0.25, 0.3) is 0 Å². The lowest BCUT2D eigenvalue weighted by Crippen LogP contribution is -2.56. The van der Waals surface area contributed by atoms with Gasteiger partial charge in [-0.2, -0.15) is 0 Å². The van der Waals surface area contributed by atoms with Crippen LogP contribution in [0.4, 0.5) is 9.18 Å². The van der Waals surface area contributed by atoms with Crippen molar-refractivity contribution in [3.8, 4) is 0 Å². The van der Waals surface area contributed by atoms with Gasteiger partial charge in [-0.05, 0) is 41.7 Å². The number of nitrogens with zero attached hydrogens (tertiary/aromatic N) is 2. The maximum atomic E-state index is 13.5. The molecule has 0 N–H and O–H groups in total. The predicted molar refractivity (Wildman–Crippen MR) is 105 cm³/mol. The summed E-state index contributed by atoms with van der Waals surface area (Å²) < 4.78 is 19.4. The summed E-state index contributed by atoms with van der Waals surface area (Å²) in [5.74, 6) is -0.0358. The fourth-order valence-electron chi connectivity index (χ4n) is 4.88. The minimum atomic E-state index is -0.361. The molecule has 5 nitrogen and oxygen atoms in total. The van der Waals surface area contributed by atoms with Gasteiger partial charge in [-0.25, -0.2) is 9.18 Å². The van der Waals surface area contributed by atoms with E-state index in [1.807, 2.05) is 18.2 Å². The Bertz CT molecular complexity index is 945. The summed E-state index contributed by atoms with van der Waals surface area (Å²) in [5, 5.41) is 0. The summed E-state index contributed by atoms with van der Waals surface area (Å²) in [7, 11) is 0. The molecule has 150 valence electrons. The van der Waals surface area contributed by atoms with Crippen LogP contribution in [0.5, 0.6) is 0 Å². The molecule has 2 bridgehead atoms. The lowest BCUT2D eigenvalue weighted by molar-refractivity contribution is -0.147. The Morgan fingerprint density at radius 1 is 1.07 bits per heavy atom. The molecule has 0 aromatic heterocycles. The third-order valence-corrected chi connectivity index (χ3v) is 6.44. The third-order valence-electron chi connectivity index (χ3n) is 6.44. The van der Waals surface area contributed by atoms with E-state index in [-0.39, 0.29) is 35.9 Å². The second-order valence-corrected chi connectivity index (χ2v) is 8.11. The summed E-state index contributed by atoms with van der Waals surface area (Å²) in [5.41, 5.74) is 3.10. The number of carbonyl (C=O) groups excluding carboxylic acids is 2. The van der Waals surface area contributed by atoms with Crippen LogP contribution in [-0.4, -0.2) is 47.5 Å². The smallest absolute Gasteiger partial charge is 0.410 e. The first-order valence-electron chi connectivity index (χ1n) is 10.2. The van der Waals surface area contributed by atoms with Crippen LogP contribution in [0, 0.1) is 11.7 Å². The van der Waals surface area contributed by atoms with E-state index < -0.39 is 0 Å². The highest BCUT2D eigenvalue weighted by molar-refractivity contribution is 5.78. The van der Waals surface area contributed by atoms with Crippen LogP contribution in [0.2, 0.25) is 0 Å². The van der Waals surface area contributed by atoms with Crippen molar-refractivity contribution in [1.29, 1.82) is 0 Å². The molecule has 3 fully saturated rings. The molecule has 29 heavy (non-hydrogen) atoms. The normalized spacial score (nSPS) is 25.7. The molecule has 2 aromatic carbocycles. The van der Waals surface area contributed by atoms with E-state index in [0.717, 1.165) is 30.5 Å². The zero-order valence-electron chi connectivity index (χ0n) is 16.1. The molecule has 0 saturated carbocycles. The van der Waals surface area contributed by atoms with E-state index in [1.165, 1.54) is 17.7 Å². The van der Waals surface area contributed by atoms with E-state index in [9.17, 15) is 14.0 Å². The second-order valence-electron chi connectivity index (χ2n) is 8.11. The number of benzene rings is 2. The van der Waals surface area contributed by atoms with Gasteiger partial charge >= 0.3 is 6.09 Å². The molecule has 1 unspecified atom stereocenters. The van der Waals surface area contributed by atoms with Crippen LogP contribution >= 0.6 is 0 Å². The van der Waals surface area contributed by atoms with Crippen molar-refractivity contribution in [2.75, 3.05) is 19.6 Å². The minimum Gasteiger partial charge on any atom is -0.444 e. The molecule has 4 aliphatic rings. The fraction of sp³-hybridized carbons (Fsp3) is 0.391. The third kappa shape index (κ3) is 3.26. The summed E-state index contributed by atoms with van der Waals surface area (Å²) >= 11 is 0. The van der Waals surface area contributed by atoms with Gasteiger partial charge in [0, 0.05) is 25.4 Å². The van der Waals surface area contributed by atoms with Crippen LogP contribution in [0.25, 0.3) is 0 Å². The van der Waals surface area contributed by atoms with Gasteiger partial charge in [0.1, 0.15) is 11.9 Å². The van der Waals surface area contributed by atoms with Crippen molar-refractivity contribution in [2.45, 2.75) is 31.4 Å². The lowest BCUT2D eigenvalue weighted by Gasteiger charge is -2.45. The topological polar surface area (TPSA) is 49.9 Å². The van der Waals surface area contributed by atoms with Crippen molar-refractivity contribution in [1.82, 2.24) is 9.80 Å². The highest BCUT2D eigenvalue weighted by Gasteiger charge is 2.42. The quantitative estimate of drug-likeness (QED) is 0.783. The zero-order valence-corrected chi connectivity index (χ0v) is 16.1. The van der Waals surface area contributed by atoms with Crippen LogP contribution in [0.15, 0.2) is 48.5 Å². The lowest BCUT2D eigenvalue weighted by atomic mass is 9.85. The molecular formula is C23H23FN2O3. The van der Waals surface area contributed by atoms with Crippen molar-refractivity contribution >= 4 is 12.0 Å². The van der Waals surface area contributed by atoms with E-state index in [2.05, 4.69) is 6.07 Å². The van der Waals surface area contributed by atoms with Gasteiger partial charge in [0.15, 0.2) is 0 Å². The molecule has 2 aromatic rings. The predicted octanol–water partition coefficient (Wildman–Crippen LogP) is 3.53. The molecule has 0 spiro atoms. The number of amides is 2. The minimum absolute atomic E-state index is 0.109. The molecule has 6 heteroatoms. The van der Waals surface area contributed by atoms with E-state index in [4.69, 9.17) is 4.74 Å². The first-order valence-corrected chi connectivity index (χ1v) is 10.2. The Hall–Kier alpha value is -2.89. The van der Waals surface area contributed by atoms with Crippen molar-refractivity contribution in [3.05, 3.63) is 71.0 Å².